The van der Waals surface area contributed by atoms with Crippen LogP contribution in [0.5, 0.6) is 0 Å². The van der Waals surface area contributed by atoms with Gasteiger partial charge in [-0.3, -0.25) is 4.79 Å². The van der Waals surface area contributed by atoms with Crippen molar-refractivity contribution >= 4 is 5.97 Å². The van der Waals surface area contributed by atoms with Crippen molar-refractivity contribution in [2.75, 3.05) is 7.11 Å². The minimum absolute atomic E-state index is 0.255. The third-order valence-corrected chi connectivity index (χ3v) is 3.09. The molecule has 0 saturated carbocycles. The maximum Gasteiger partial charge on any atom is 0.322 e. The van der Waals surface area contributed by atoms with E-state index < -0.39 is 12.0 Å². The molecule has 0 aliphatic rings. The summed E-state index contributed by atoms with van der Waals surface area (Å²) < 4.78 is 17.5. The van der Waals surface area contributed by atoms with E-state index in [4.69, 9.17) is 5.73 Å². The predicted octanol–water partition coefficient (Wildman–Crippen LogP) is 2.54. The summed E-state index contributed by atoms with van der Waals surface area (Å²) in [5.41, 5.74) is 8.59. The Morgan fingerprint density at radius 2 is 1.60 bits per heavy atom. The number of methoxy groups -OCH3 is 1. The average Bonchev–Trinajstić information content (AvgIpc) is 2.48. The molecule has 0 unspecified atom stereocenters. The number of hydrogen-bond acceptors (Lipinski definition) is 3. The van der Waals surface area contributed by atoms with Gasteiger partial charge >= 0.3 is 5.97 Å². The summed E-state index contributed by atoms with van der Waals surface area (Å²) in [6.45, 7) is 0. The van der Waals surface area contributed by atoms with Crippen LogP contribution in [0.4, 0.5) is 4.39 Å². The first-order valence-corrected chi connectivity index (χ1v) is 6.28. The van der Waals surface area contributed by atoms with Gasteiger partial charge in [0.25, 0.3) is 0 Å². The largest absolute Gasteiger partial charge is 0.468 e. The van der Waals surface area contributed by atoms with Gasteiger partial charge in [0.15, 0.2) is 0 Å². The first-order valence-electron chi connectivity index (χ1n) is 6.28. The fourth-order valence-electron chi connectivity index (χ4n) is 1.96. The number of benzene rings is 2. The third kappa shape index (κ3) is 3.42. The first-order chi connectivity index (χ1) is 9.60. The molecule has 0 saturated heterocycles. The maximum atomic E-state index is 12.9. The van der Waals surface area contributed by atoms with Gasteiger partial charge in [-0.25, -0.2) is 4.39 Å². The highest BCUT2D eigenvalue weighted by Gasteiger charge is 2.13. The van der Waals surface area contributed by atoms with Crippen molar-refractivity contribution < 1.29 is 13.9 Å². The summed E-state index contributed by atoms with van der Waals surface area (Å²) >= 11 is 0. The molecule has 0 heterocycles. The van der Waals surface area contributed by atoms with Gasteiger partial charge in [-0.2, -0.15) is 0 Å². The number of carbonyl (C=O) groups is 1. The third-order valence-electron chi connectivity index (χ3n) is 3.09. The van der Waals surface area contributed by atoms with E-state index in [2.05, 4.69) is 4.74 Å². The highest BCUT2D eigenvalue weighted by atomic mass is 19.1. The van der Waals surface area contributed by atoms with Crippen molar-refractivity contribution in [1.82, 2.24) is 0 Å². The predicted molar refractivity (Wildman–Crippen MR) is 75.5 cm³/mol. The SMILES string of the molecule is COC(=O)[C@H](N)Cc1ccc(-c2ccc(F)cc2)cc1. The molecule has 0 radical (unpaired) electrons. The molecule has 104 valence electrons. The quantitative estimate of drug-likeness (QED) is 0.871. The normalized spacial score (nSPS) is 11.9. The summed E-state index contributed by atoms with van der Waals surface area (Å²) in [7, 11) is 1.32. The lowest BCUT2D eigenvalue weighted by atomic mass is 10.0. The van der Waals surface area contributed by atoms with Crippen LogP contribution in [0.2, 0.25) is 0 Å². The Morgan fingerprint density at radius 1 is 1.10 bits per heavy atom. The highest BCUT2D eigenvalue weighted by molar-refractivity contribution is 5.75. The van der Waals surface area contributed by atoms with Crippen molar-refractivity contribution in [2.45, 2.75) is 12.5 Å². The molecular weight excluding hydrogens is 257 g/mol. The molecule has 2 rings (SSSR count). The molecule has 0 amide bonds. The minimum Gasteiger partial charge on any atom is -0.468 e. The summed E-state index contributed by atoms with van der Waals surface area (Å²) in [6.07, 6.45) is 0.427. The van der Waals surface area contributed by atoms with Gasteiger partial charge in [-0.1, -0.05) is 36.4 Å². The number of carbonyl (C=O) groups excluding carboxylic acids is 1. The highest BCUT2D eigenvalue weighted by Crippen LogP contribution is 2.20. The van der Waals surface area contributed by atoms with E-state index in [9.17, 15) is 9.18 Å². The van der Waals surface area contributed by atoms with Crippen LogP contribution in [-0.2, 0) is 16.0 Å². The van der Waals surface area contributed by atoms with Crippen molar-refractivity contribution in [3.8, 4) is 11.1 Å². The zero-order chi connectivity index (χ0) is 14.5. The van der Waals surface area contributed by atoms with E-state index in [1.54, 1.807) is 12.1 Å². The first kappa shape index (κ1) is 14.2. The molecule has 0 aromatic heterocycles. The zero-order valence-electron chi connectivity index (χ0n) is 11.2. The molecule has 20 heavy (non-hydrogen) atoms. The van der Waals surface area contributed by atoms with E-state index in [-0.39, 0.29) is 5.82 Å². The van der Waals surface area contributed by atoms with E-state index in [1.807, 2.05) is 24.3 Å². The Bertz CT molecular complexity index is 578. The lowest BCUT2D eigenvalue weighted by Gasteiger charge is -2.09. The monoisotopic (exact) mass is 273 g/mol. The average molecular weight is 273 g/mol. The van der Waals surface area contributed by atoms with Gasteiger partial charge in [0.1, 0.15) is 11.9 Å². The lowest BCUT2D eigenvalue weighted by Crippen LogP contribution is -2.33. The van der Waals surface area contributed by atoms with Crippen molar-refractivity contribution in [1.29, 1.82) is 0 Å². The molecule has 4 heteroatoms. The fourth-order valence-corrected chi connectivity index (χ4v) is 1.96. The second-order valence-electron chi connectivity index (χ2n) is 4.54. The molecule has 1 atom stereocenters. The Morgan fingerprint density at radius 3 is 2.10 bits per heavy atom. The van der Waals surface area contributed by atoms with Gasteiger partial charge in [-0.15, -0.1) is 0 Å². The molecule has 2 aromatic rings. The molecule has 2 aromatic carbocycles. The molecule has 0 fully saturated rings. The second-order valence-corrected chi connectivity index (χ2v) is 4.54. The number of esters is 1. The van der Waals surface area contributed by atoms with E-state index >= 15 is 0 Å². The number of rotatable bonds is 4. The maximum absolute atomic E-state index is 12.9. The van der Waals surface area contributed by atoms with Crippen molar-refractivity contribution in [2.24, 2.45) is 5.73 Å². The Balaban J connectivity index is 2.10. The summed E-state index contributed by atoms with van der Waals surface area (Å²) in [5.74, 6) is -0.679. The van der Waals surface area contributed by atoms with E-state index in [0.717, 1.165) is 16.7 Å². The van der Waals surface area contributed by atoms with Crippen molar-refractivity contribution in [3.63, 3.8) is 0 Å². The van der Waals surface area contributed by atoms with Crippen LogP contribution in [0.25, 0.3) is 11.1 Å². The molecule has 0 bridgehead atoms. The fraction of sp³-hybridized carbons (Fsp3) is 0.188. The number of hydrogen-bond donors (Lipinski definition) is 1. The topological polar surface area (TPSA) is 52.3 Å². The number of ether oxygens (including phenoxy) is 1. The Kier molecular flexibility index (Phi) is 4.48. The Hall–Kier alpha value is -2.20. The van der Waals surface area contributed by atoms with Gasteiger partial charge in [0.2, 0.25) is 0 Å². The smallest absolute Gasteiger partial charge is 0.322 e. The van der Waals surface area contributed by atoms with Gasteiger partial charge < -0.3 is 10.5 Å². The summed E-state index contributed by atoms with van der Waals surface area (Å²) in [5, 5.41) is 0. The molecule has 0 aliphatic carbocycles. The van der Waals surface area contributed by atoms with Crippen molar-refractivity contribution in [3.05, 3.63) is 59.9 Å². The Labute approximate surface area is 117 Å². The summed E-state index contributed by atoms with van der Waals surface area (Å²) in [4.78, 5) is 11.3. The zero-order valence-corrected chi connectivity index (χ0v) is 11.2. The van der Waals surface area contributed by atoms with Gasteiger partial charge in [0.05, 0.1) is 7.11 Å². The van der Waals surface area contributed by atoms with Crippen LogP contribution < -0.4 is 5.73 Å². The van der Waals surface area contributed by atoms with Crippen LogP contribution >= 0.6 is 0 Å². The van der Waals surface area contributed by atoms with Crippen LogP contribution in [0, 0.1) is 5.82 Å². The summed E-state index contributed by atoms with van der Waals surface area (Å²) in [6, 6.07) is 13.3. The van der Waals surface area contributed by atoms with Crippen LogP contribution in [0.15, 0.2) is 48.5 Å². The molecule has 2 N–H and O–H groups in total. The van der Waals surface area contributed by atoms with Crippen LogP contribution in [-0.4, -0.2) is 19.1 Å². The number of nitrogens with two attached hydrogens (primary N) is 1. The van der Waals surface area contributed by atoms with E-state index in [0.29, 0.717) is 6.42 Å². The lowest BCUT2D eigenvalue weighted by molar-refractivity contribution is -0.142. The molecule has 0 spiro atoms. The van der Waals surface area contributed by atoms with Crippen LogP contribution in [0.3, 0.4) is 0 Å². The second kappa shape index (κ2) is 6.30. The molecular formula is C16H16FNO2. The van der Waals surface area contributed by atoms with Crippen LogP contribution in [0.1, 0.15) is 5.56 Å². The molecule has 0 aliphatic heterocycles. The van der Waals surface area contributed by atoms with Gasteiger partial charge in [0, 0.05) is 0 Å². The van der Waals surface area contributed by atoms with Gasteiger partial charge in [-0.05, 0) is 35.2 Å². The number of halogens is 1. The standard InChI is InChI=1S/C16H16FNO2/c1-20-16(19)15(18)10-11-2-4-12(5-3-11)13-6-8-14(17)9-7-13/h2-9,15H,10,18H2,1H3/t15-/m1/s1. The van der Waals surface area contributed by atoms with E-state index in [1.165, 1.54) is 19.2 Å². The molecule has 3 nitrogen and oxygen atoms in total. The minimum atomic E-state index is -0.656.